The molecule has 0 unspecified atom stereocenters. The highest BCUT2D eigenvalue weighted by Gasteiger charge is 2.37. The Labute approximate surface area is 115 Å². The Balaban J connectivity index is 1.82. The fraction of sp³-hybridized carbons (Fsp3) is 0.929. The van der Waals surface area contributed by atoms with Crippen molar-refractivity contribution in [1.29, 1.82) is 0 Å². The molecule has 1 heterocycles. The first kappa shape index (κ1) is 14.8. The molecule has 110 valence electrons. The van der Waals surface area contributed by atoms with E-state index in [9.17, 15) is 9.90 Å². The monoisotopic (exact) mass is 270 g/mol. The zero-order valence-electron chi connectivity index (χ0n) is 11.8. The fourth-order valence-corrected chi connectivity index (χ4v) is 3.40. The predicted molar refractivity (Wildman–Crippen MR) is 73.1 cm³/mol. The summed E-state index contributed by atoms with van der Waals surface area (Å²) in [5.74, 6) is -0.974. The highest BCUT2D eigenvalue weighted by Crippen LogP contribution is 2.33. The number of rotatable bonds is 4. The maximum absolute atomic E-state index is 10.9. The molecule has 0 aromatic heterocycles. The van der Waals surface area contributed by atoms with Gasteiger partial charge in [-0.25, -0.2) is 0 Å². The van der Waals surface area contributed by atoms with E-state index in [1.54, 1.807) is 0 Å². The van der Waals surface area contributed by atoms with Crippen molar-refractivity contribution in [3.63, 3.8) is 0 Å². The van der Waals surface area contributed by atoms with Crippen molar-refractivity contribution in [2.45, 2.75) is 50.2 Å². The van der Waals surface area contributed by atoms with Crippen LogP contribution in [0.1, 0.15) is 38.5 Å². The molecular formula is C14H26N2O3. The molecule has 1 saturated carbocycles. The van der Waals surface area contributed by atoms with E-state index in [1.807, 2.05) is 0 Å². The van der Waals surface area contributed by atoms with Gasteiger partial charge in [0.15, 0.2) is 0 Å². The summed E-state index contributed by atoms with van der Waals surface area (Å²) in [5.41, 5.74) is -0.689. The van der Waals surface area contributed by atoms with Gasteiger partial charge in [0, 0.05) is 12.6 Å². The van der Waals surface area contributed by atoms with Crippen molar-refractivity contribution < 1.29 is 15.0 Å². The number of hydrogen-bond acceptors (Lipinski definition) is 4. The number of carbonyl (C=O) groups is 1. The number of hydrogen-bond donors (Lipinski definition) is 3. The van der Waals surface area contributed by atoms with E-state index in [1.165, 1.54) is 0 Å². The molecule has 1 aliphatic carbocycles. The van der Waals surface area contributed by atoms with Crippen molar-refractivity contribution in [1.82, 2.24) is 10.2 Å². The number of carboxylic acid groups (broad SMARTS) is 1. The molecule has 19 heavy (non-hydrogen) atoms. The summed E-state index contributed by atoms with van der Waals surface area (Å²) in [5, 5.41) is 23.0. The maximum Gasteiger partial charge on any atom is 0.306 e. The van der Waals surface area contributed by atoms with E-state index in [-0.39, 0.29) is 5.92 Å². The molecule has 5 nitrogen and oxygen atoms in total. The molecule has 3 N–H and O–H groups in total. The van der Waals surface area contributed by atoms with Gasteiger partial charge < -0.3 is 20.4 Å². The van der Waals surface area contributed by atoms with Gasteiger partial charge in [-0.1, -0.05) is 0 Å². The molecule has 0 spiro atoms. The van der Waals surface area contributed by atoms with Crippen LogP contribution in [0.15, 0.2) is 0 Å². The smallest absolute Gasteiger partial charge is 0.306 e. The van der Waals surface area contributed by atoms with Crippen LogP contribution in [0.5, 0.6) is 0 Å². The number of carboxylic acids is 1. The van der Waals surface area contributed by atoms with E-state index >= 15 is 0 Å². The van der Waals surface area contributed by atoms with Gasteiger partial charge in [0.05, 0.1) is 11.5 Å². The van der Waals surface area contributed by atoms with Crippen molar-refractivity contribution >= 4 is 5.97 Å². The normalized spacial score (nSPS) is 33.5. The van der Waals surface area contributed by atoms with Gasteiger partial charge >= 0.3 is 5.97 Å². The summed E-state index contributed by atoms with van der Waals surface area (Å²) >= 11 is 0. The molecule has 1 saturated heterocycles. The van der Waals surface area contributed by atoms with E-state index in [0.29, 0.717) is 38.3 Å². The molecule has 1 aliphatic heterocycles. The minimum absolute atomic E-state index is 0.260. The Hall–Kier alpha value is -0.650. The third-order valence-corrected chi connectivity index (χ3v) is 4.74. The third-order valence-electron chi connectivity index (χ3n) is 4.74. The molecule has 2 rings (SSSR count). The zero-order valence-corrected chi connectivity index (χ0v) is 11.8. The SMILES string of the molecule is CN(CC1(O)CCC(C(=O)O)CC1)C1CCNCC1. The molecule has 0 aromatic rings. The summed E-state index contributed by atoms with van der Waals surface area (Å²) in [6.07, 6.45) is 4.69. The zero-order chi connectivity index (χ0) is 13.9. The van der Waals surface area contributed by atoms with Gasteiger partial charge in [-0.05, 0) is 58.7 Å². The molecule has 0 atom stereocenters. The Morgan fingerprint density at radius 1 is 1.26 bits per heavy atom. The summed E-state index contributed by atoms with van der Waals surface area (Å²) in [6.45, 7) is 2.77. The second-order valence-electron chi connectivity index (χ2n) is 6.23. The molecule has 2 aliphatic rings. The lowest BCUT2D eigenvalue weighted by Crippen LogP contribution is -2.50. The first-order valence-electron chi connectivity index (χ1n) is 7.36. The lowest BCUT2D eigenvalue weighted by Gasteiger charge is -2.41. The van der Waals surface area contributed by atoms with Crippen LogP contribution >= 0.6 is 0 Å². The standard InChI is InChI=1S/C14H26N2O3/c1-16(12-4-8-15-9-5-12)10-14(19)6-2-11(3-7-14)13(17)18/h11-12,15,19H,2-10H2,1H3,(H,17,18). The number of piperidine rings is 1. The molecule has 5 heteroatoms. The van der Waals surface area contributed by atoms with Crippen molar-refractivity contribution in [3.05, 3.63) is 0 Å². The topological polar surface area (TPSA) is 72.8 Å². The van der Waals surface area contributed by atoms with Crippen LogP contribution in [0.25, 0.3) is 0 Å². The summed E-state index contributed by atoms with van der Waals surface area (Å²) < 4.78 is 0. The maximum atomic E-state index is 10.9. The number of aliphatic hydroxyl groups is 1. The Morgan fingerprint density at radius 2 is 1.84 bits per heavy atom. The van der Waals surface area contributed by atoms with Crippen molar-refractivity contribution in [3.8, 4) is 0 Å². The fourth-order valence-electron chi connectivity index (χ4n) is 3.40. The second kappa shape index (κ2) is 6.20. The molecule has 0 bridgehead atoms. The van der Waals surface area contributed by atoms with Crippen molar-refractivity contribution in [2.75, 3.05) is 26.7 Å². The summed E-state index contributed by atoms with van der Waals surface area (Å²) in [6, 6.07) is 0.544. The predicted octanol–water partition coefficient (Wildman–Crippen LogP) is 0.676. The molecular weight excluding hydrogens is 244 g/mol. The number of aliphatic carboxylic acids is 1. The lowest BCUT2D eigenvalue weighted by molar-refractivity contribution is -0.145. The van der Waals surface area contributed by atoms with E-state index in [0.717, 1.165) is 25.9 Å². The average Bonchev–Trinajstić information content (AvgIpc) is 2.40. The highest BCUT2D eigenvalue weighted by molar-refractivity contribution is 5.70. The van der Waals surface area contributed by atoms with Gasteiger partial charge in [0.2, 0.25) is 0 Å². The van der Waals surface area contributed by atoms with E-state index in [4.69, 9.17) is 5.11 Å². The van der Waals surface area contributed by atoms with Gasteiger partial charge in [0.1, 0.15) is 0 Å². The lowest BCUT2D eigenvalue weighted by atomic mass is 9.78. The summed E-state index contributed by atoms with van der Waals surface area (Å²) in [4.78, 5) is 13.2. The molecule has 0 amide bonds. The largest absolute Gasteiger partial charge is 0.481 e. The van der Waals surface area contributed by atoms with Crippen LogP contribution in [0.4, 0.5) is 0 Å². The van der Waals surface area contributed by atoms with Crippen molar-refractivity contribution in [2.24, 2.45) is 5.92 Å². The Kier molecular flexibility index (Phi) is 4.81. The first-order valence-corrected chi connectivity index (χ1v) is 7.36. The van der Waals surface area contributed by atoms with Gasteiger partial charge in [-0.15, -0.1) is 0 Å². The van der Waals surface area contributed by atoms with Crippen LogP contribution in [-0.2, 0) is 4.79 Å². The number of likely N-dealkylation sites (N-methyl/N-ethyl adjacent to an activating group) is 1. The van der Waals surface area contributed by atoms with Crippen LogP contribution in [0.2, 0.25) is 0 Å². The van der Waals surface area contributed by atoms with Crippen LogP contribution in [0.3, 0.4) is 0 Å². The van der Waals surface area contributed by atoms with E-state index in [2.05, 4.69) is 17.3 Å². The number of nitrogens with one attached hydrogen (secondary N) is 1. The quantitative estimate of drug-likeness (QED) is 0.700. The molecule has 0 radical (unpaired) electrons. The minimum Gasteiger partial charge on any atom is -0.481 e. The number of nitrogens with zero attached hydrogens (tertiary/aromatic N) is 1. The highest BCUT2D eigenvalue weighted by atomic mass is 16.4. The van der Waals surface area contributed by atoms with Gasteiger partial charge in [-0.3, -0.25) is 4.79 Å². The van der Waals surface area contributed by atoms with Gasteiger partial charge in [0.25, 0.3) is 0 Å². The van der Waals surface area contributed by atoms with E-state index < -0.39 is 11.6 Å². The Bertz CT molecular complexity index is 308. The Morgan fingerprint density at radius 3 is 2.37 bits per heavy atom. The first-order chi connectivity index (χ1) is 9.00. The molecule has 2 fully saturated rings. The minimum atomic E-state index is -0.714. The van der Waals surface area contributed by atoms with Gasteiger partial charge in [-0.2, -0.15) is 0 Å². The van der Waals surface area contributed by atoms with Crippen LogP contribution in [0, 0.1) is 5.92 Å². The summed E-state index contributed by atoms with van der Waals surface area (Å²) in [7, 11) is 2.08. The van der Waals surface area contributed by atoms with Crippen LogP contribution < -0.4 is 5.32 Å². The van der Waals surface area contributed by atoms with Crippen LogP contribution in [-0.4, -0.2) is 59.4 Å². The third kappa shape index (κ3) is 3.91. The second-order valence-corrected chi connectivity index (χ2v) is 6.23. The average molecular weight is 270 g/mol. The molecule has 0 aromatic carbocycles.